The largest absolute Gasteiger partial charge is 0.396 e. The summed E-state index contributed by atoms with van der Waals surface area (Å²) in [5.74, 6) is 0. The van der Waals surface area contributed by atoms with Crippen molar-refractivity contribution in [3.05, 3.63) is 52.8 Å². The Balaban J connectivity index is 1.90. The number of aliphatic hydroxyl groups excluding tert-OH is 1. The topological polar surface area (TPSA) is 20.2 Å². The minimum Gasteiger partial charge on any atom is -0.396 e. The van der Waals surface area contributed by atoms with E-state index in [2.05, 4.69) is 36.1 Å². The third kappa shape index (κ3) is 5.36. The van der Waals surface area contributed by atoms with Gasteiger partial charge in [0.2, 0.25) is 0 Å². The maximum atomic E-state index is 9.21. The zero-order valence-corrected chi connectivity index (χ0v) is 12.4. The van der Waals surface area contributed by atoms with Gasteiger partial charge in [-0.2, -0.15) is 0 Å². The van der Waals surface area contributed by atoms with Gasteiger partial charge in [0.1, 0.15) is 0 Å². The summed E-state index contributed by atoms with van der Waals surface area (Å²) in [6, 6.07) is 10.6. The Morgan fingerprint density at radius 2 is 1.75 bits per heavy atom. The third-order valence-electron chi connectivity index (χ3n) is 4.01. The molecule has 20 heavy (non-hydrogen) atoms. The van der Waals surface area contributed by atoms with E-state index in [0.29, 0.717) is 0 Å². The molecule has 1 aromatic carbocycles. The maximum absolute atomic E-state index is 9.21. The first-order valence-corrected chi connectivity index (χ1v) is 7.99. The Kier molecular flexibility index (Phi) is 6.63. The molecule has 1 aromatic rings. The fraction of sp³-hybridized carbons (Fsp3) is 0.526. The molecule has 0 aromatic heterocycles. The smallest absolute Gasteiger partial charge is 0.0474 e. The van der Waals surface area contributed by atoms with Gasteiger partial charge in [0.05, 0.1) is 0 Å². The normalized spacial score (nSPS) is 14.9. The average Bonchev–Trinajstić information content (AvgIpc) is 2.49. The number of hydrogen-bond donors (Lipinski definition) is 1. The van der Waals surface area contributed by atoms with Crippen molar-refractivity contribution in [2.75, 3.05) is 6.61 Å². The van der Waals surface area contributed by atoms with Crippen molar-refractivity contribution in [3.8, 4) is 0 Å². The van der Waals surface area contributed by atoms with Crippen LogP contribution in [0.15, 0.2) is 47.2 Å². The van der Waals surface area contributed by atoms with Crippen molar-refractivity contribution in [2.24, 2.45) is 0 Å². The second-order valence-electron chi connectivity index (χ2n) is 5.71. The van der Waals surface area contributed by atoms with Crippen LogP contribution in [0.3, 0.4) is 0 Å². The van der Waals surface area contributed by atoms with Crippen LogP contribution in [0.5, 0.6) is 0 Å². The Morgan fingerprint density at radius 3 is 2.45 bits per heavy atom. The van der Waals surface area contributed by atoms with Gasteiger partial charge in [-0.25, -0.2) is 0 Å². The Labute approximate surface area is 123 Å². The van der Waals surface area contributed by atoms with Crippen LogP contribution < -0.4 is 0 Å². The summed E-state index contributed by atoms with van der Waals surface area (Å²) in [6.45, 7) is 0.251. The number of hydrogen-bond acceptors (Lipinski definition) is 1. The average molecular weight is 270 g/mol. The molecule has 108 valence electrons. The molecule has 0 amide bonds. The lowest BCUT2D eigenvalue weighted by atomic mass is 9.94. The molecule has 0 aliphatic heterocycles. The second-order valence-corrected chi connectivity index (χ2v) is 5.71. The summed E-state index contributed by atoms with van der Waals surface area (Å²) in [5, 5.41) is 9.21. The highest BCUT2D eigenvalue weighted by molar-refractivity contribution is 5.16. The van der Waals surface area contributed by atoms with Crippen molar-refractivity contribution in [3.63, 3.8) is 0 Å². The summed E-state index contributed by atoms with van der Waals surface area (Å²) in [4.78, 5) is 0. The summed E-state index contributed by atoms with van der Waals surface area (Å²) in [7, 11) is 0. The van der Waals surface area contributed by atoms with Crippen molar-refractivity contribution in [2.45, 2.75) is 57.8 Å². The molecule has 1 nitrogen and oxygen atoms in total. The first-order valence-electron chi connectivity index (χ1n) is 7.99. The lowest BCUT2D eigenvalue weighted by Crippen LogP contribution is -1.95. The van der Waals surface area contributed by atoms with Gasteiger partial charge in [0, 0.05) is 6.61 Å². The summed E-state index contributed by atoms with van der Waals surface area (Å²) in [5.41, 5.74) is 7.83. The van der Waals surface area contributed by atoms with Crippen molar-refractivity contribution in [1.82, 2.24) is 0 Å². The van der Waals surface area contributed by atoms with Crippen molar-refractivity contribution < 1.29 is 5.11 Å². The molecule has 0 radical (unpaired) electrons. The molecule has 0 saturated heterocycles. The fourth-order valence-corrected chi connectivity index (χ4v) is 2.89. The summed E-state index contributed by atoms with van der Waals surface area (Å²) in [6.07, 6.45) is 10.6. The van der Waals surface area contributed by atoms with E-state index in [1.54, 1.807) is 0 Å². The van der Waals surface area contributed by atoms with Gasteiger partial charge in [-0.1, -0.05) is 36.8 Å². The quantitative estimate of drug-likeness (QED) is 0.736. The fourth-order valence-electron chi connectivity index (χ4n) is 2.89. The zero-order chi connectivity index (χ0) is 14.0. The van der Waals surface area contributed by atoms with Crippen LogP contribution in [0.25, 0.3) is 0 Å². The predicted molar refractivity (Wildman–Crippen MR) is 84.7 cm³/mol. The molecule has 1 N–H and O–H groups in total. The molecule has 1 saturated carbocycles. The van der Waals surface area contributed by atoms with Gasteiger partial charge in [0.15, 0.2) is 0 Å². The number of aliphatic hydroxyl groups is 1. The van der Waals surface area contributed by atoms with Gasteiger partial charge in [-0.05, 0) is 68.1 Å². The predicted octanol–water partition coefficient (Wildman–Crippen LogP) is 4.81. The van der Waals surface area contributed by atoms with Crippen LogP contribution in [-0.2, 0) is 6.42 Å². The molecular formula is C19H26O. The van der Waals surface area contributed by atoms with E-state index in [4.69, 9.17) is 0 Å². The number of benzene rings is 1. The molecule has 2 rings (SSSR count). The van der Waals surface area contributed by atoms with Gasteiger partial charge in [0.25, 0.3) is 0 Å². The highest BCUT2D eigenvalue weighted by Gasteiger charge is 2.05. The van der Waals surface area contributed by atoms with E-state index < -0.39 is 0 Å². The Morgan fingerprint density at radius 1 is 1.00 bits per heavy atom. The monoisotopic (exact) mass is 270 g/mol. The molecule has 0 heterocycles. The standard InChI is InChI=1S/C19H26O/c20-15-14-19(16-18-10-5-2-6-11-18)13-7-12-17-8-3-1-4-9-17/h1,3-4,8-9,20H,2,5-7,10-15H2. The molecule has 0 unspecified atom stereocenters. The lowest BCUT2D eigenvalue weighted by Gasteiger charge is -2.12. The molecule has 1 aliphatic rings. The molecule has 1 fully saturated rings. The van der Waals surface area contributed by atoms with Gasteiger partial charge in [-0.15, -0.1) is 5.73 Å². The van der Waals surface area contributed by atoms with E-state index in [0.717, 1.165) is 25.7 Å². The summed E-state index contributed by atoms with van der Waals surface area (Å²) < 4.78 is 0. The molecule has 1 heteroatoms. The van der Waals surface area contributed by atoms with E-state index in [1.165, 1.54) is 48.8 Å². The van der Waals surface area contributed by atoms with Gasteiger partial charge < -0.3 is 5.11 Å². The first kappa shape index (κ1) is 15.1. The molecule has 0 spiro atoms. The van der Waals surface area contributed by atoms with E-state index in [-0.39, 0.29) is 6.61 Å². The number of aryl methyl sites for hydroxylation is 1. The molecule has 1 aliphatic carbocycles. The van der Waals surface area contributed by atoms with Crippen LogP contribution >= 0.6 is 0 Å². The Bertz CT molecular complexity index is 444. The van der Waals surface area contributed by atoms with Crippen LogP contribution in [0.1, 0.15) is 56.9 Å². The highest BCUT2D eigenvalue weighted by atomic mass is 16.2. The minimum atomic E-state index is 0.251. The van der Waals surface area contributed by atoms with E-state index in [9.17, 15) is 5.11 Å². The highest BCUT2D eigenvalue weighted by Crippen LogP contribution is 2.23. The number of rotatable bonds is 6. The Hall–Kier alpha value is -1.30. The van der Waals surface area contributed by atoms with Crippen LogP contribution in [-0.4, -0.2) is 11.7 Å². The molecule has 0 atom stereocenters. The van der Waals surface area contributed by atoms with Crippen LogP contribution in [0.4, 0.5) is 0 Å². The maximum Gasteiger partial charge on any atom is 0.0474 e. The van der Waals surface area contributed by atoms with Gasteiger partial charge in [-0.3, -0.25) is 0 Å². The zero-order valence-electron chi connectivity index (χ0n) is 12.4. The van der Waals surface area contributed by atoms with E-state index >= 15 is 0 Å². The lowest BCUT2D eigenvalue weighted by molar-refractivity contribution is 0.297. The van der Waals surface area contributed by atoms with Crippen LogP contribution in [0.2, 0.25) is 0 Å². The van der Waals surface area contributed by atoms with Crippen LogP contribution in [0, 0.1) is 0 Å². The minimum absolute atomic E-state index is 0.251. The molecule has 0 bridgehead atoms. The van der Waals surface area contributed by atoms with Crippen molar-refractivity contribution >= 4 is 0 Å². The molecular weight excluding hydrogens is 244 g/mol. The first-order chi connectivity index (χ1) is 9.88. The third-order valence-corrected chi connectivity index (χ3v) is 4.01. The van der Waals surface area contributed by atoms with E-state index in [1.807, 2.05) is 0 Å². The second kappa shape index (κ2) is 8.79. The van der Waals surface area contributed by atoms with Crippen molar-refractivity contribution in [1.29, 1.82) is 0 Å². The van der Waals surface area contributed by atoms with Gasteiger partial charge >= 0.3 is 0 Å². The summed E-state index contributed by atoms with van der Waals surface area (Å²) >= 11 is 0. The SMILES string of the molecule is OCCC(=C=C1CCCCC1)CCCc1ccccc1.